The zero-order valence-electron chi connectivity index (χ0n) is 6.11. The Labute approximate surface area is 126 Å². The van der Waals surface area contributed by atoms with Gasteiger partial charge in [-0.05, 0) is 0 Å². The molecule has 0 saturated carbocycles. The molecule has 0 aliphatic heterocycles. The van der Waals surface area contributed by atoms with Crippen molar-refractivity contribution in [2.75, 3.05) is 0 Å². The predicted octanol–water partition coefficient (Wildman–Crippen LogP) is -9.93. The van der Waals surface area contributed by atoms with Crippen LogP contribution in [0.3, 0.4) is 0 Å². The Morgan fingerprint density at radius 2 is 0.600 bits per heavy atom. The fourth-order valence-corrected chi connectivity index (χ4v) is 0. The first-order valence-corrected chi connectivity index (χ1v) is 5.51. The molecule has 0 aromatic rings. The van der Waals surface area contributed by atoms with Gasteiger partial charge in [-0.1, -0.05) is 0 Å². The molecule has 0 aromatic carbocycles. The summed E-state index contributed by atoms with van der Waals surface area (Å²) in [7, 11) is -10.9. The van der Waals surface area contributed by atoms with E-state index < -0.39 is 27.5 Å². The Hall–Kier alpha value is 0.669. The summed E-state index contributed by atoms with van der Waals surface area (Å²) in [6.07, 6.45) is 0. The van der Waals surface area contributed by atoms with E-state index in [1.54, 1.807) is 0 Å². The smallest absolute Gasteiger partial charge is 0.672 e. The Morgan fingerprint density at radius 3 is 0.600 bits per heavy atom. The summed E-state index contributed by atoms with van der Waals surface area (Å²) in [5.74, 6) is 0. The molecule has 15 heavy (non-hydrogen) atoms. The molecule has 15 heteroatoms. The van der Waals surface area contributed by atoms with Crippen LogP contribution in [0.15, 0.2) is 0 Å². The van der Waals surface area contributed by atoms with Gasteiger partial charge < -0.3 is 42.2 Å². The second-order valence-corrected chi connectivity index (χ2v) is 2.25. The minimum atomic E-state index is -3.63. The van der Waals surface area contributed by atoms with Crippen LogP contribution in [0.5, 0.6) is 0 Å². The topological polar surface area (TPSA) is 190 Å². The maximum Gasteiger partial charge on any atom is 3.00 e. The summed E-state index contributed by atoms with van der Waals surface area (Å²) in [5.41, 5.74) is 0. The zero-order chi connectivity index (χ0) is 10.7. The zero-order valence-corrected chi connectivity index (χ0v) is 11.4. The van der Waals surface area contributed by atoms with Gasteiger partial charge in [0.25, 0.3) is 0 Å². The van der Waals surface area contributed by atoms with Gasteiger partial charge in [0.1, 0.15) is 0 Å². The van der Waals surface area contributed by atoms with E-state index in [-0.39, 0.29) is 57.5 Å². The molecule has 0 aliphatic carbocycles. The minimum Gasteiger partial charge on any atom is -0.672 e. The fourth-order valence-electron chi connectivity index (χ4n) is 0. The van der Waals surface area contributed by atoms with Crippen LogP contribution in [-0.4, -0.2) is 67.9 Å². The van der Waals surface area contributed by atoms with Crippen molar-refractivity contribution in [2.24, 2.45) is 0 Å². The SMILES string of the molecule is O=[Si]([O-])[O-].O=[Si]([O-])[O-].O=[Si]([O-])[O-].[Al+3].[Fe+3].[MgH2]. The van der Waals surface area contributed by atoms with E-state index in [1.807, 2.05) is 0 Å². The molecule has 0 rings (SSSR count). The van der Waals surface area contributed by atoms with E-state index in [0.29, 0.717) is 0 Å². The van der Waals surface area contributed by atoms with Crippen LogP contribution in [0.25, 0.3) is 0 Å². The van der Waals surface area contributed by atoms with Gasteiger partial charge in [-0.15, -0.1) is 0 Å². The van der Waals surface area contributed by atoms with Gasteiger partial charge in [0, 0.05) is 27.5 Å². The monoisotopic (exact) mass is 337 g/mol. The van der Waals surface area contributed by atoms with E-state index in [0.717, 1.165) is 0 Å². The van der Waals surface area contributed by atoms with Gasteiger partial charge in [-0.3, -0.25) is 0 Å². The Balaban J connectivity index is -0.0000000184. The molecule has 81 valence electrons. The molecule has 0 aliphatic rings. The molecule has 0 unspecified atom stereocenters. The molecule has 0 aromatic heterocycles. The minimum absolute atomic E-state index is 0. The molecule has 0 spiro atoms. The van der Waals surface area contributed by atoms with Gasteiger partial charge in [0.2, 0.25) is 0 Å². The largest absolute Gasteiger partial charge is 3.00 e. The number of hydrogen-bond acceptors (Lipinski definition) is 9. The van der Waals surface area contributed by atoms with Gasteiger partial charge in [0.05, 0.1) is 0 Å². The van der Waals surface area contributed by atoms with E-state index in [4.69, 9.17) is 42.2 Å². The Bertz CT molecular complexity index is 123. The standard InChI is InChI=1S/Al.Fe.Mg.3O3Si.2H/c;;;3*1-4(2)3;;/q2*+3;;3*-2;;. The third-order valence-electron chi connectivity index (χ3n) is 0. The third-order valence-corrected chi connectivity index (χ3v) is 0. The summed E-state index contributed by atoms with van der Waals surface area (Å²) >= 11 is 0. The van der Waals surface area contributed by atoms with E-state index >= 15 is 0 Å². The van der Waals surface area contributed by atoms with Crippen molar-refractivity contribution >= 4 is 67.9 Å². The molecule has 0 N–H and O–H groups in total. The van der Waals surface area contributed by atoms with E-state index in [2.05, 4.69) is 0 Å². The van der Waals surface area contributed by atoms with Gasteiger partial charge in [0.15, 0.2) is 0 Å². The average molecular weight is 337 g/mol. The fraction of sp³-hybridized carbons (Fsp3) is 0. The van der Waals surface area contributed by atoms with Crippen LogP contribution in [-0.2, 0) is 30.5 Å². The van der Waals surface area contributed by atoms with Crippen molar-refractivity contribution in [1.29, 1.82) is 0 Å². The van der Waals surface area contributed by atoms with Crippen LogP contribution in [0, 0.1) is 0 Å². The maximum absolute atomic E-state index is 8.52. The second kappa shape index (κ2) is 29.3. The number of rotatable bonds is 0. The van der Waals surface area contributed by atoms with Crippen molar-refractivity contribution in [2.45, 2.75) is 0 Å². The maximum atomic E-state index is 8.52. The van der Waals surface area contributed by atoms with Gasteiger partial charge in [-0.2, -0.15) is 0 Å². The Kier molecular flexibility index (Phi) is 70.5. The first-order valence-electron chi connectivity index (χ1n) is 1.84. The van der Waals surface area contributed by atoms with E-state index in [1.165, 1.54) is 0 Å². The quantitative estimate of drug-likeness (QED) is 0.386. The molecule has 0 fully saturated rings. The van der Waals surface area contributed by atoms with Gasteiger partial charge in [-0.25, -0.2) is 0 Å². The molecule has 0 heterocycles. The van der Waals surface area contributed by atoms with Crippen LogP contribution in [0.2, 0.25) is 0 Å². The van der Waals surface area contributed by atoms with Crippen molar-refractivity contribution < 1.29 is 59.2 Å². The molecule has 0 amide bonds. The van der Waals surface area contributed by atoms with Crippen molar-refractivity contribution in [3.8, 4) is 0 Å². The van der Waals surface area contributed by atoms with Crippen LogP contribution >= 0.6 is 0 Å². The summed E-state index contributed by atoms with van der Waals surface area (Å²) in [6, 6.07) is 0. The molecule has 9 nitrogen and oxygen atoms in total. The third kappa shape index (κ3) is 5260. The van der Waals surface area contributed by atoms with Gasteiger partial charge >= 0.3 is 57.5 Å². The summed E-state index contributed by atoms with van der Waals surface area (Å²) in [5, 5.41) is 0. The first-order chi connectivity index (χ1) is 5.20. The van der Waals surface area contributed by atoms with Crippen LogP contribution < -0.4 is 28.8 Å². The summed E-state index contributed by atoms with van der Waals surface area (Å²) in [6.45, 7) is 0. The average Bonchev–Trinajstić information content (AvgIpc) is 1.54. The first kappa shape index (κ1) is 36.1. The molecule has 0 atom stereocenters. The summed E-state index contributed by atoms with van der Waals surface area (Å²) in [4.78, 5) is 51.1. The number of hydrogen-bond donors (Lipinski definition) is 0. The molecular weight excluding hydrogens is 335 g/mol. The molecule has 0 saturated heterocycles. The van der Waals surface area contributed by atoms with Crippen LogP contribution in [0.4, 0.5) is 0 Å². The van der Waals surface area contributed by atoms with Crippen molar-refractivity contribution in [1.82, 2.24) is 0 Å². The molecule has 1 radical (unpaired) electrons. The second-order valence-electron chi connectivity index (χ2n) is 0.750. The van der Waals surface area contributed by atoms with Crippen molar-refractivity contribution in [3.05, 3.63) is 0 Å². The Morgan fingerprint density at radius 1 is 0.600 bits per heavy atom. The van der Waals surface area contributed by atoms with Crippen molar-refractivity contribution in [3.63, 3.8) is 0 Å². The van der Waals surface area contributed by atoms with E-state index in [9.17, 15) is 0 Å². The normalized spacial score (nSPS) is 4.80. The molecular formula is H2AlFeMgO9Si3. The van der Waals surface area contributed by atoms with Crippen LogP contribution in [0.1, 0.15) is 0 Å². The summed E-state index contributed by atoms with van der Waals surface area (Å²) < 4.78 is 25.6. The predicted molar refractivity (Wildman–Crippen MR) is 33.6 cm³/mol. The molecule has 0 bridgehead atoms.